The molecule has 2 N–H and O–H groups in total. The van der Waals surface area contributed by atoms with Gasteiger partial charge in [0.1, 0.15) is 0 Å². The minimum atomic E-state index is -0.0962. The monoisotopic (exact) mass is 201 g/mol. The molecular weight excluding hydrogens is 182 g/mol. The van der Waals surface area contributed by atoms with Crippen molar-refractivity contribution in [3.63, 3.8) is 0 Å². The van der Waals surface area contributed by atoms with Crippen LogP contribution in [0.25, 0.3) is 0 Å². The van der Waals surface area contributed by atoms with Gasteiger partial charge in [-0.1, -0.05) is 6.92 Å². The van der Waals surface area contributed by atoms with E-state index in [2.05, 4.69) is 10.6 Å². The summed E-state index contributed by atoms with van der Waals surface area (Å²) in [6.45, 7) is 3.56. The van der Waals surface area contributed by atoms with Gasteiger partial charge in [0.05, 0.1) is 6.54 Å². The Kier molecular flexibility index (Phi) is 6.74. The first-order valence-electron chi connectivity index (χ1n) is 4.75. The van der Waals surface area contributed by atoms with E-state index < -0.39 is 0 Å². The highest BCUT2D eigenvalue weighted by Gasteiger charge is 2.05. The molecule has 0 spiro atoms. The maximum atomic E-state index is 11.1. The number of carbonyl (C=O) groups excluding carboxylic acids is 2. The number of nitrogens with zero attached hydrogens (tertiary/aromatic N) is 1. The summed E-state index contributed by atoms with van der Waals surface area (Å²) in [5, 5.41) is 5.59. The van der Waals surface area contributed by atoms with Gasteiger partial charge in [-0.25, -0.2) is 0 Å². The second kappa shape index (κ2) is 7.32. The van der Waals surface area contributed by atoms with Crippen LogP contribution in [-0.2, 0) is 9.59 Å². The molecule has 0 aliphatic heterocycles. The summed E-state index contributed by atoms with van der Waals surface area (Å²) in [7, 11) is 3.32. The summed E-state index contributed by atoms with van der Waals surface area (Å²) < 4.78 is 0. The molecule has 0 aromatic carbocycles. The fourth-order valence-electron chi connectivity index (χ4n) is 0.799. The van der Waals surface area contributed by atoms with Crippen LogP contribution in [0.4, 0.5) is 0 Å². The van der Waals surface area contributed by atoms with Crippen LogP contribution in [0.1, 0.15) is 13.3 Å². The summed E-state index contributed by atoms with van der Waals surface area (Å²) in [4.78, 5) is 23.6. The average molecular weight is 201 g/mol. The van der Waals surface area contributed by atoms with E-state index in [1.54, 1.807) is 14.1 Å². The molecule has 0 fully saturated rings. The molecule has 0 aliphatic rings. The van der Waals surface area contributed by atoms with E-state index in [0.717, 1.165) is 6.54 Å². The Morgan fingerprint density at radius 3 is 2.43 bits per heavy atom. The molecular formula is C9H19N3O2. The number of rotatable bonds is 6. The molecule has 0 bridgehead atoms. The van der Waals surface area contributed by atoms with Crippen molar-refractivity contribution < 1.29 is 9.59 Å². The quantitative estimate of drug-likeness (QED) is 0.553. The zero-order valence-electron chi connectivity index (χ0n) is 9.09. The Morgan fingerprint density at radius 2 is 1.93 bits per heavy atom. The van der Waals surface area contributed by atoms with Crippen LogP contribution in [0.3, 0.4) is 0 Å². The van der Waals surface area contributed by atoms with Crippen molar-refractivity contribution in [2.75, 3.05) is 33.7 Å². The molecule has 0 heterocycles. The number of hydrogen-bond donors (Lipinski definition) is 2. The van der Waals surface area contributed by atoms with Gasteiger partial charge in [-0.3, -0.25) is 9.59 Å². The van der Waals surface area contributed by atoms with Gasteiger partial charge in [0.15, 0.2) is 0 Å². The Labute approximate surface area is 84.8 Å². The van der Waals surface area contributed by atoms with E-state index in [9.17, 15) is 9.59 Å². The maximum absolute atomic E-state index is 11.1. The van der Waals surface area contributed by atoms with Crippen molar-refractivity contribution in [2.45, 2.75) is 13.3 Å². The molecule has 0 saturated heterocycles. The minimum Gasteiger partial charge on any atom is -0.347 e. The average Bonchev–Trinajstić information content (AvgIpc) is 2.14. The number of nitrogens with one attached hydrogen (secondary N) is 2. The van der Waals surface area contributed by atoms with Crippen LogP contribution in [0.15, 0.2) is 0 Å². The van der Waals surface area contributed by atoms with Gasteiger partial charge in [0.25, 0.3) is 0 Å². The molecule has 2 amide bonds. The first kappa shape index (κ1) is 12.9. The van der Waals surface area contributed by atoms with E-state index >= 15 is 0 Å². The number of hydrogen-bond acceptors (Lipinski definition) is 3. The van der Waals surface area contributed by atoms with E-state index in [-0.39, 0.29) is 18.4 Å². The minimum absolute atomic E-state index is 0.0813. The number of likely N-dealkylation sites (N-methyl/N-ethyl adjacent to an activating group) is 1. The molecule has 0 rings (SSSR count). The van der Waals surface area contributed by atoms with Crippen molar-refractivity contribution in [2.24, 2.45) is 0 Å². The lowest BCUT2D eigenvalue weighted by Gasteiger charge is -2.10. The smallest absolute Gasteiger partial charge is 0.241 e. The third-order valence-corrected chi connectivity index (χ3v) is 1.71. The van der Waals surface area contributed by atoms with Crippen molar-refractivity contribution in [1.82, 2.24) is 15.5 Å². The fourth-order valence-corrected chi connectivity index (χ4v) is 0.799. The fraction of sp³-hybridized carbons (Fsp3) is 0.778. The highest BCUT2D eigenvalue weighted by molar-refractivity contribution is 5.84. The summed E-state index contributed by atoms with van der Waals surface area (Å²) in [5.41, 5.74) is 0. The van der Waals surface area contributed by atoms with E-state index in [1.807, 2.05) is 6.92 Å². The lowest BCUT2D eigenvalue weighted by molar-refractivity contribution is -0.130. The first-order valence-corrected chi connectivity index (χ1v) is 4.75. The first-order chi connectivity index (χ1) is 6.57. The van der Waals surface area contributed by atoms with Crippen LogP contribution in [0, 0.1) is 0 Å². The Hall–Kier alpha value is -1.10. The van der Waals surface area contributed by atoms with E-state index in [0.29, 0.717) is 13.0 Å². The van der Waals surface area contributed by atoms with Gasteiger partial charge >= 0.3 is 0 Å². The molecule has 14 heavy (non-hydrogen) atoms. The Balaban J connectivity index is 3.49. The summed E-state index contributed by atoms with van der Waals surface area (Å²) in [6.07, 6.45) is 0.411. The number of carbonyl (C=O) groups is 2. The van der Waals surface area contributed by atoms with Crippen LogP contribution in [0.2, 0.25) is 0 Å². The zero-order valence-corrected chi connectivity index (χ0v) is 9.09. The van der Waals surface area contributed by atoms with E-state index in [1.165, 1.54) is 4.90 Å². The molecule has 82 valence electrons. The second-order valence-electron chi connectivity index (χ2n) is 3.17. The normalized spacial score (nSPS) is 9.64. The van der Waals surface area contributed by atoms with Crippen LogP contribution < -0.4 is 10.6 Å². The summed E-state index contributed by atoms with van der Waals surface area (Å²) >= 11 is 0. The van der Waals surface area contributed by atoms with Gasteiger partial charge < -0.3 is 15.5 Å². The molecule has 0 saturated carbocycles. The van der Waals surface area contributed by atoms with Crippen LogP contribution in [-0.4, -0.2) is 50.4 Å². The topological polar surface area (TPSA) is 61.4 Å². The van der Waals surface area contributed by atoms with Crippen molar-refractivity contribution >= 4 is 11.8 Å². The molecule has 5 nitrogen and oxygen atoms in total. The van der Waals surface area contributed by atoms with Gasteiger partial charge in [0.2, 0.25) is 11.8 Å². The van der Waals surface area contributed by atoms with Gasteiger partial charge in [-0.2, -0.15) is 0 Å². The molecule has 0 radical (unpaired) electrons. The lowest BCUT2D eigenvalue weighted by atomic mass is 10.4. The van der Waals surface area contributed by atoms with Crippen LogP contribution >= 0.6 is 0 Å². The largest absolute Gasteiger partial charge is 0.347 e. The molecule has 0 aromatic heterocycles. The predicted octanol–water partition coefficient (Wildman–Crippen LogP) is -0.810. The van der Waals surface area contributed by atoms with Crippen molar-refractivity contribution in [3.05, 3.63) is 0 Å². The SMILES string of the molecule is CCNCCC(=O)NCC(=O)N(C)C. The van der Waals surface area contributed by atoms with Crippen molar-refractivity contribution in [1.29, 1.82) is 0 Å². The van der Waals surface area contributed by atoms with Gasteiger partial charge in [-0.05, 0) is 6.54 Å². The van der Waals surface area contributed by atoms with Crippen LogP contribution in [0.5, 0.6) is 0 Å². The third kappa shape index (κ3) is 6.42. The third-order valence-electron chi connectivity index (χ3n) is 1.71. The van der Waals surface area contributed by atoms with Gasteiger partial charge in [0, 0.05) is 27.1 Å². The highest BCUT2D eigenvalue weighted by atomic mass is 16.2. The molecule has 0 unspecified atom stereocenters. The standard InChI is InChI=1S/C9H19N3O2/c1-4-10-6-5-8(13)11-7-9(14)12(2)3/h10H,4-7H2,1-3H3,(H,11,13). The molecule has 0 aliphatic carbocycles. The highest BCUT2D eigenvalue weighted by Crippen LogP contribution is 1.79. The summed E-state index contributed by atoms with van der Waals surface area (Å²) in [5.74, 6) is -0.192. The predicted molar refractivity (Wildman–Crippen MR) is 54.9 cm³/mol. The lowest BCUT2D eigenvalue weighted by Crippen LogP contribution is -2.37. The zero-order chi connectivity index (χ0) is 11.0. The Bertz CT molecular complexity index is 192. The number of amides is 2. The Morgan fingerprint density at radius 1 is 1.29 bits per heavy atom. The van der Waals surface area contributed by atoms with Gasteiger partial charge in [-0.15, -0.1) is 0 Å². The molecule has 0 atom stereocenters. The second-order valence-corrected chi connectivity index (χ2v) is 3.17. The molecule has 0 aromatic rings. The van der Waals surface area contributed by atoms with E-state index in [4.69, 9.17) is 0 Å². The molecule has 5 heteroatoms. The summed E-state index contributed by atoms with van der Waals surface area (Å²) in [6, 6.07) is 0. The maximum Gasteiger partial charge on any atom is 0.241 e. The van der Waals surface area contributed by atoms with Crippen molar-refractivity contribution in [3.8, 4) is 0 Å².